The summed E-state index contributed by atoms with van der Waals surface area (Å²) in [5.74, 6) is -0.0857. The van der Waals surface area contributed by atoms with Gasteiger partial charge in [0.25, 0.3) is 5.91 Å². The number of amides is 1. The van der Waals surface area contributed by atoms with Crippen molar-refractivity contribution < 1.29 is 4.79 Å². The Morgan fingerprint density at radius 1 is 1.07 bits per heavy atom. The average Bonchev–Trinajstić information content (AvgIpc) is 3.17. The van der Waals surface area contributed by atoms with Gasteiger partial charge in [0.05, 0.1) is 11.9 Å². The van der Waals surface area contributed by atoms with Gasteiger partial charge in [-0.1, -0.05) is 42.5 Å². The Hall–Kier alpha value is -3.12. The highest BCUT2D eigenvalue weighted by Gasteiger charge is 2.11. The Balaban J connectivity index is 1.53. The number of aromatic nitrogens is 3. The predicted molar refractivity (Wildman–Crippen MR) is 108 cm³/mol. The molecule has 27 heavy (non-hydrogen) atoms. The van der Waals surface area contributed by atoms with Crippen molar-refractivity contribution in [3.05, 3.63) is 84.3 Å². The number of rotatable bonds is 5. The number of carbonyl (C=O) groups is 1. The highest BCUT2D eigenvalue weighted by atomic mass is 32.2. The maximum Gasteiger partial charge on any atom is 0.251 e. The van der Waals surface area contributed by atoms with Crippen LogP contribution in [0.2, 0.25) is 0 Å². The Kier molecular flexibility index (Phi) is 4.89. The third-order valence-corrected chi connectivity index (χ3v) is 5.00. The van der Waals surface area contributed by atoms with Gasteiger partial charge in [-0.25, -0.2) is 9.97 Å². The fourth-order valence-electron chi connectivity index (χ4n) is 2.93. The molecule has 0 atom stereocenters. The van der Waals surface area contributed by atoms with Gasteiger partial charge in [-0.05, 0) is 24.0 Å². The predicted octanol–water partition coefficient (Wildman–Crippen LogP) is 4.05. The molecule has 5 nitrogen and oxygen atoms in total. The van der Waals surface area contributed by atoms with Gasteiger partial charge in [0.2, 0.25) is 0 Å². The second-order valence-corrected chi connectivity index (χ2v) is 6.81. The van der Waals surface area contributed by atoms with E-state index in [1.807, 2.05) is 77.6 Å². The van der Waals surface area contributed by atoms with Crippen LogP contribution in [-0.4, -0.2) is 26.5 Å². The largest absolute Gasteiger partial charge is 0.348 e. The summed E-state index contributed by atoms with van der Waals surface area (Å²) in [5, 5.41) is 3.84. The van der Waals surface area contributed by atoms with Gasteiger partial charge >= 0.3 is 0 Å². The minimum atomic E-state index is -0.0857. The number of fused-ring (bicyclic) bond motifs is 1. The first-order valence-electron chi connectivity index (χ1n) is 8.55. The van der Waals surface area contributed by atoms with Gasteiger partial charge in [-0.2, -0.15) is 0 Å². The van der Waals surface area contributed by atoms with Crippen molar-refractivity contribution in [1.29, 1.82) is 0 Å². The molecule has 0 fully saturated rings. The smallest absolute Gasteiger partial charge is 0.251 e. The first-order chi connectivity index (χ1) is 13.3. The summed E-state index contributed by atoms with van der Waals surface area (Å²) < 4.78 is 2.02. The number of nitrogens with one attached hydrogen (secondary N) is 1. The zero-order valence-corrected chi connectivity index (χ0v) is 15.6. The summed E-state index contributed by atoms with van der Waals surface area (Å²) in [4.78, 5) is 21.2. The second-order valence-electron chi connectivity index (χ2n) is 6.02. The molecule has 0 unspecified atom stereocenters. The molecule has 4 rings (SSSR count). The van der Waals surface area contributed by atoms with Gasteiger partial charge in [-0.3, -0.25) is 9.20 Å². The van der Waals surface area contributed by atoms with Crippen LogP contribution in [0.3, 0.4) is 0 Å². The van der Waals surface area contributed by atoms with Crippen molar-refractivity contribution in [1.82, 2.24) is 19.7 Å². The van der Waals surface area contributed by atoms with E-state index in [1.54, 1.807) is 18.0 Å². The first kappa shape index (κ1) is 17.3. The monoisotopic (exact) mass is 374 g/mol. The minimum absolute atomic E-state index is 0.0857. The Bertz CT molecular complexity index is 1070. The molecule has 0 saturated carbocycles. The van der Waals surface area contributed by atoms with E-state index in [2.05, 4.69) is 15.3 Å². The third-order valence-electron chi connectivity index (χ3n) is 4.33. The lowest BCUT2D eigenvalue weighted by molar-refractivity contribution is 0.0951. The molecule has 2 aromatic carbocycles. The molecule has 0 spiro atoms. The molecule has 1 amide bonds. The quantitative estimate of drug-likeness (QED) is 0.536. The molecular weight excluding hydrogens is 356 g/mol. The van der Waals surface area contributed by atoms with Crippen molar-refractivity contribution in [2.75, 3.05) is 6.26 Å². The Morgan fingerprint density at radius 3 is 2.59 bits per heavy atom. The van der Waals surface area contributed by atoms with Crippen LogP contribution in [0.5, 0.6) is 0 Å². The number of hydrogen-bond donors (Lipinski definition) is 1. The number of imidazole rings is 1. The summed E-state index contributed by atoms with van der Waals surface area (Å²) in [6.07, 6.45) is 7.49. The zero-order chi connectivity index (χ0) is 18.6. The van der Waals surface area contributed by atoms with E-state index in [9.17, 15) is 4.79 Å². The summed E-state index contributed by atoms with van der Waals surface area (Å²) in [7, 11) is 0. The van der Waals surface area contributed by atoms with Gasteiger partial charge < -0.3 is 5.32 Å². The highest BCUT2D eigenvalue weighted by Crippen LogP contribution is 2.25. The SMILES string of the molecule is CSc1nccn2c(-c3ccc(C(=O)NCc4ccccc4)cc3)cnc12. The van der Waals surface area contributed by atoms with Crippen LogP contribution in [0.15, 0.2) is 78.2 Å². The topological polar surface area (TPSA) is 59.3 Å². The van der Waals surface area contributed by atoms with E-state index in [0.717, 1.165) is 27.5 Å². The number of thioether (sulfide) groups is 1. The summed E-state index contributed by atoms with van der Waals surface area (Å²) in [5.41, 5.74) is 4.52. The summed E-state index contributed by atoms with van der Waals surface area (Å²) in [6.45, 7) is 0.513. The molecule has 0 aliphatic rings. The summed E-state index contributed by atoms with van der Waals surface area (Å²) >= 11 is 1.57. The number of carbonyl (C=O) groups excluding carboxylic acids is 1. The van der Waals surface area contributed by atoms with Crippen molar-refractivity contribution in [3.8, 4) is 11.3 Å². The van der Waals surface area contributed by atoms with Crippen LogP contribution in [0, 0.1) is 0 Å². The van der Waals surface area contributed by atoms with Crippen molar-refractivity contribution >= 4 is 23.3 Å². The minimum Gasteiger partial charge on any atom is -0.348 e. The lowest BCUT2D eigenvalue weighted by atomic mass is 10.1. The van der Waals surface area contributed by atoms with E-state index in [-0.39, 0.29) is 5.91 Å². The van der Waals surface area contributed by atoms with E-state index < -0.39 is 0 Å². The van der Waals surface area contributed by atoms with Crippen LogP contribution in [-0.2, 0) is 6.54 Å². The molecule has 0 aliphatic heterocycles. The maximum atomic E-state index is 12.4. The van der Waals surface area contributed by atoms with Crippen molar-refractivity contribution in [2.45, 2.75) is 11.6 Å². The molecule has 4 aromatic rings. The van der Waals surface area contributed by atoms with Crippen LogP contribution < -0.4 is 5.32 Å². The lowest BCUT2D eigenvalue weighted by Gasteiger charge is -2.07. The standard InChI is InChI=1S/C21H18N4OS/c1-27-21-19-23-14-18(25(19)12-11-22-21)16-7-9-17(10-8-16)20(26)24-13-15-5-3-2-4-6-15/h2-12,14H,13H2,1H3,(H,24,26). The molecule has 0 aliphatic carbocycles. The molecule has 0 saturated heterocycles. The van der Waals surface area contributed by atoms with Crippen molar-refractivity contribution in [2.24, 2.45) is 0 Å². The van der Waals surface area contributed by atoms with Gasteiger partial charge in [0.15, 0.2) is 5.65 Å². The fourth-order valence-corrected chi connectivity index (χ4v) is 3.43. The Morgan fingerprint density at radius 2 is 1.85 bits per heavy atom. The molecule has 0 radical (unpaired) electrons. The average molecular weight is 374 g/mol. The van der Waals surface area contributed by atoms with E-state index in [4.69, 9.17) is 0 Å². The fraction of sp³-hybridized carbons (Fsp3) is 0.0952. The maximum absolute atomic E-state index is 12.4. The number of benzene rings is 2. The third kappa shape index (κ3) is 3.57. The van der Waals surface area contributed by atoms with Crippen LogP contribution >= 0.6 is 11.8 Å². The lowest BCUT2D eigenvalue weighted by Crippen LogP contribution is -2.22. The normalized spacial score (nSPS) is 10.9. The van der Waals surface area contributed by atoms with E-state index in [0.29, 0.717) is 12.1 Å². The van der Waals surface area contributed by atoms with Gasteiger partial charge in [0.1, 0.15) is 5.03 Å². The molecule has 0 bridgehead atoms. The second kappa shape index (κ2) is 7.63. The molecule has 6 heteroatoms. The molecule has 1 N–H and O–H groups in total. The molecule has 2 aromatic heterocycles. The van der Waals surface area contributed by atoms with Gasteiger partial charge in [-0.15, -0.1) is 11.8 Å². The van der Waals surface area contributed by atoms with Gasteiger partial charge in [0, 0.05) is 30.1 Å². The van der Waals surface area contributed by atoms with Crippen LogP contribution in [0.1, 0.15) is 15.9 Å². The molecule has 134 valence electrons. The van der Waals surface area contributed by atoms with Crippen LogP contribution in [0.4, 0.5) is 0 Å². The van der Waals surface area contributed by atoms with E-state index >= 15 is 0 Å². The molecule has 2 heterocycles. The first-order valence-corrected chi connectivity index (χ1v) is 9.77. The zero-order valence-electron chi connectivity index (χ0n) is 14.8. The number of hydrogen-bond acceptors (Lipinski definition) is 4. The highest BCUT2D eigenvalue weighted by molar-refractivity contribution is 7.98. The molecular formula is C21H18N4OS. The van der Waals surface area contributed by atoms with E-state index in [1.165, 1.54) is 0 Å². The van der Waals surface area contributed by atoms with Crippen molar-refractivity contribution in [3.63, 3.8) is 0 Å². The Labute approximate surface area is 161 Å². The number of nitrogens with zero attached hydrogens (tertiary/aromatic N) is 3. The van der Waals surface area contributed by atoms with Crippen LogP contribution in [0.25, 0.3) is 16.9 Å². The summed E-state index contributed by atoms with van der Waals surface area (Å²) in [6, 6.07) is 17.4.